The number of hydrogen-bond donors (Lipinski definition) is 2. The molecule has 2 aromatic heterocycles. The Labute approximate surface area is 157 Å². The van der Waals surface area contributed by atoms with Crippen molar-refractivity contribution < 1.29 is 9.68 Å². The number of aryl methyl sites for hydroxylation is 2. The molecule has 0 spiro atoms. The van der Waals surface area contributed by atoms with Crippen LogP contribution in [0.2, 0.25) is 0 Å². The van der Waals surface area contributed by atoms with E-state index in [0.717, 1.165) is 50.9 Å². The lowest BCUT2D eigenvalue weighted by atomic mass is 9.79. The van der Waals surface area contributed by atoms with Gasteiger partial charge in [0.15, 0.2) is 5.82 Å². The SMILES string of the molecule is CCc1c(C)nc(-c2ccc(C)s2)nc1Nc1ccc2c(c1)COB2O. The molecule has 0 saturated carbocycles. The number of nitrogens with one attached hydrogen (secondary N) is 1. The second kappa shape index (κ2) is 6.83. The van der Waals surface area contributed by atoms with Crippen LogP contribution in [-0.2, 0) is 17.7 Å². The number of fused-ring (bicyclic) bond motifs is 1. The summed E-state index contributed by atoms with van der Waals surface area (Å²) in [7, 11) is -0.819. The molecular weight excluding hydrogens is 345 g/mol. The topological polar surface area (TPSA) is 67.3 Å². The first-order valence-electron chi connectivity index (χ1n) is 8.69. The van der Waals surface area contributed by atoms with Crippen molar-refractivity contribution >= 4 is 35.4 Å². The fraction of sp³-hybridized carbons (Fsp3) is 0.263. The third-order valence-electron chi connectivity index (χ3n) is 4.60. The van der Waals surface area contributed by atoms with Crippen molar-refractivity contribution in [2.24, 2.45) is 0 Å². The lowest BCUT2D eigenvalue weighted by Gasteiger charge is -2.14. The fourth-order valence-electron chi connectivity index (χ4n) is 3.23. The van der Waals surface area contributed by atoms with Crippen molar-refractivity contribution in [1.82, 2.24) is 9.97 Å². The Morgan fingerprint density at radius 3 is 2.81 bits per heavy atom. The number of benzene rings is 1. The van der Waals surface area contributed by atoms with E-state index in [1.807, 2.05) is 25.1 Å². The Balaban J connectivity index is 1.72. The standard InChI is InChI=1S/C19H20BN3O2S/c1-4-15-12(3)21-19(17-8-5-11(2)26-17)23-18(15)22-14-6-7-16-13(9-14)10-25-20(16)24/h5-9,24H,4,10H2,1-3H3,(H,21,22,23). The molecule has 0 fully saturated rings. The average Bonchev–Trinajstić information content (AvgIpc) is 3.21. The second-order valence-corrected chi connectivity index (χ2v) is 7.71. The van der Waals surface area contributed by atoms with Crippen molar-refractivity contribution in [3.63, 3.8) is 0 Å². The van der Waals surface area contributed by atoms with Gasteiger partial charge in [-0.3, -0.25) is 0 Å². The fourth-order valence-corrected chi connectivity index (χ4v) is 4.03. The summed E-state index contributed by atoms with van der Waals surface area (Å²) < 4.78 is 5.28. The van der Waals surface area contributed by atoms with Crippen LogP contribution in [0.5, 0.6) is 0 Å². The van der Waals surface area contributed by atoms with E-state index in [1.54, 1.807) is 11.3 Å². The van der Waals surface area contributed by atoms with Crippen molar-refractivity contribution in [2.75, 3.05) is 5.32 Å². The molecule has 0 atom stereocenters. The molecule has 0 amide bonds. The van der Waals surface area contributed by atoms with Crippen LogP contribution < -0.4 is 10.8 Å². The monoisotopic (exact) mass is 365 g/mol. The van der Waals surface area contributed by atoms with E-state index in [0.29, 0.717) is 6.61 Å². The molecular formula is C19H20BN3O2S. The highest BCUT2D eigenvalue weighted by atomic mass is 32.1. The highest BCUT2D eigenvalue weighted by molar-refractivity contribution is 7.15. The average molecular weight is 365 g/mol. The molecule has 0 radical (unpaired) electrons. The summed E-state index contributed by atoms with van der Waals surface area (Å²) in [6, 6.07) is 10.0. The molecule has 4 rings (SSSR count). The Morgan fingerprint density at radius 1 is 1.23 bits per heavy atom. The lowest BCUT2D eigenvalue weighted by Crippen LogP contribution is -2.27. The molecule has 1 aromatic carbocycles. The molecule has 7 heteroatoms. The van der Waals surface area contributed by atoms with Crippen LogP contribution in [0.4, 0.5) is 11.5 Å². The molecule has 0 bridgehead atoms. The van der Waals surface area contributed by atoms with Gasteiger partial charge in [-0.2, -0.15) is 0 Å². The Morgan fingerprint density at radius 2 is 2.08 bits per heavy atom. The van der Waals surface area contributed by atoms with Gasteiger partial charge >= 0.3 is 7.12 Å². The zero-order valence-electron chi connectivity index (χ0n) is 15.0. The van der Waals surface area contributed by atoms with Crippen LogP contribution in [0.25, 0.3) is 10.7 Å². The van der Waals surface area contributed by atoms with Crippen molar-refractivity contribution in [3.8, 4) is 10.7 Å². The van der Waals surface area contributed by atoms with E-state index in [1.165, 1.54) is 4.88 Å². The summed E-state index contributed by atoms with van der Waals surface area (Å²) in [6.07, 6.45) is 0.852. The first-order valence-corrected chi connectivity index (χ1v) is 9.50. The van der Waals surface area contributed by atoms with Gasteiger partial charge in [-0.1, -0.05) is 13.0 Å². The van der Waals surface area contributed by atoms with Crippen molar-refractivity contribution in [3.05, 3.63) is 52.0 Å². The van der Waals surface area contributed by atoms with Gasteiger partial charge < -0.3 is 15.0 Å². The van der Waals surface area contributed by atoms with Crippen LogP contribution in [-0.4, -0.2) is 22.1 Å². The zero-order valence-corrected chi connectivity index (χ0v) is 15.9. The molecule has 3 heterocycles. The molecule has 3 aromatic rings. The number of rotatable bonds is 4. The minimum absolute atomic E-state index is 0.426. The van der Waals surface area contributed by atoms with E-state index in [9.17, 15) is 5.02 Å². The van der Waals surface area contributed by atoms with Crippen molar-refractivity contribution in [1.29, 1.82) is 0 Å². The number of hydrogen-bond acceptors (Lipinski definition) is 6. The molecule has 1 aliphatic heterocycles. The predicted octanol–water partition coefficient (Wildman–Crippen LogP) is 3.35. The van der Waals surface area contributed by atoms with E-state index in [2.05, 4.69) is 31.3 Å². The Hall–Kier alpha value is -2.22. The van der Waals surface area contributed by atoms with Crippen LogP contribution in [0.3, 0.4) is 0 Å². The van der Waals surface area contributed by atoms with Gasteiger partial charge in [0.2, 0.25) is 0 Å². The summed E-state index contributed by atoms with van der Waals surface area (Å²) in [6.45, 7) is 6.65. The molecule has 2 N–H and O–H groups in total. The molecule has 5 nitrogen and oxygen atoms in total. The highest BCUT2D eigenvalue weighted by Crippen LogP contribution is 2.29. The first kappa shape index (κ1) is 17.2. The molecule has 0 unspecified atom stereocenters. The van der Waals surface area contributed by atoms with Gasteiger partial charge in [-0.25, -0.2) is 9.97 Å². The summed E-state index contributed by atoms with van der Waals surface area (Å²) in [5.74, 6) is 1.58. The third-order valence-corrected chi connectivity index (χ3v) is 5.59. The van der Waals surface area contributed by atoms with E-state index in [4.69, 9.17) is 14.6 Å². The Bertz CT molecular complexity index is 973. The minimum atomic E-state index is -0.819. The minimum Gasteiger partial charge on any atom is -0.423 e. The van der Waals surface area contributed by atoms with Crippen LogP contribution in [0.15, 0.2) is 30.3 Å². The maximum Gasteiger partial charge on any atom is 0.491 e. The molecule has 1 aliphatic rings. The quantitative estimate of drug-likeness (QED) is 0.694. The van der Waals surface area contributed by atoms with Gasteiger partial charge in [0.1, 0.15) is 5.82 Å². The van der Waals surface area contributed by atoms with Gasteiger partial charge in [0.05, 0.1) is 11.5 Å². The third kappa shape index (κ3) is 3.14. The predicted molar refractivity (Wildman–Crippen MR) is 106 cm³/mol. The maximum absolute atomic E-state index is 9.78. The van der Waals surface area contributed by atoms with Gasteiger partial charge in [0.25, 0.3) is 0 Å². The largest absolute Gasteiger partial charge is 0.491 e. The lowest BCUT2D eigenvalue weighted by molar-refractivity contribution is 0.275. The smallest absolute Gasteiger partial charge is 0.423 e. The summed E-state index contributed by atoms with van der Waals surface area (Å²) >= 11 is 1.70. The van der Waals surface area contributed by atoms with Gasteiger partial charge in [0, 0.05) is 21.8 Å². The first-order chi connectivity index (χ1) is 12.5. The number of nitrogens with zero attached hydrogens (tertiary/aromatic N) is 2. The molecule has 0 aliphatic carbocycles. The summed E-state index contributed by atoms with van der Waals surface area (Å²) in [4.78, 5) is 11.8. The maximum atomic E-state index is 9.78. The molecule has 26 heavy (non-hydrogen) atoms. The van der Waals surface area contributed by atoms with Crippen LogP contribution in [0, 0.1) is 13.8 Å². The van der Waals surface area contributed by atoms with E-state index < -0.39 is 7.12 Å². The molecule has 132 valence electrons. The summed E-state index contributed by atoms with van der Waals surface area (Å²) in [5.41, 5.74) is 4.87. The highest BCUT2D eigenvalue weighted by Gasteiger charge is 2.27. The van der Waals surface area contributed by atoms with E-state index >= 15 is 0 Å². The second-order valence-electron chi connectivity index (χ2n) is 6.43. The normalized spacial score (nSPS) is 13.2. The van der Waals surface area contributed by atoms with Gasteiger partial charge in [-0.05, 0) is 55.6 Å². The Kier molecular flexibility index (Phi) is 4.52. The number of thiophene rings is 1. The number of aromatic nitrogens is 2. The zero-order chi connectivity index (χ0) is 18.3. The van der Waals surface area contributed by atoms with Gasteiger partial charge in [-0.15, -0.1) is 11.3 Å². The molecule has 0 saturated heterocycles. The number of anilines is 2. The van der Waals surface area contributed by atoms with Crippen molar-refractivity contribution in [2.45, 2.75) is 33.8 Å². The summed E-state index contributed by atoms with van der Waals surface area (Å²) in [5, 5.41) is 13.2. The van der Waals surface area contributed by atoms with Crippen LogP contribution in [0.1, 0.15) is 28.6 Å². The van der Waals surface area contributed by atoms with Crippen LogP contribution >= 0.6 is 11.3 Å². The van der Waals surface area contributed by atoms with E-state index in [-0.39, 0.29) is 0 Å².